The first-order valence-corrected chi connectivity index (χ1v) is 8.57. The number of hydrogen-bond donors (Lipinski definition) is 1. The average molecular weight is 343 g/mol. The van der Waals surface area contributed by atoms with Crippen molar-refractivity contribution < 1.29 is 28.5 Å². The standard InChI is InChI=1S/C16H30BNO6/c1-6-11-14(24-13(20)8-7-12(19)18-4)15(16(17)23-11)22-10(3)9(2)21-5/h9-11,14-16H,6-8,17H2,1-5H3,(H,18,19)/t9-,10+,11+,14?,15-,16+/m0/s1. The topological polar surface area (TPSA) is 83.1 Å². The van der Waals surface area contributed by atoms with Gasteiger partial charge in [-0.3, -0.25) is 9.59 Å². The van der Waals surface area contributed by atoms with Crippen molar-refractivity contribution in [1.29, 1.82) is 0 Å². The maximum absolute atomic E-state index is 12.1. The molecule has 1 rings (SSSR count). The van der Waals surface area contributed by atoms with Crippen LogP contribution in [0.15, 0.2) is 0 Å². The Hall–Kier alpha value is -1.12. The van der Waals surface area contributed by atoms with Gasteiger partial charge in [0.15, 0.2) is 6.10 Å². The zero-order valence-electron chi connectivity index (χ0n) is 15.5. The molecule has 1 unspecified atom stereocenters. The fraction of sp³-hybridized carbons (Fsp3) is 0.875. The highest BCUT2D eigenvalue weighted by Gasteiger charge is 2.45. The zero-order chi connectivity index (χ0) is 18.3. The van der Waals surface area contributed by atoms with Crippen LogP contribution >= 0.6 is 0 Å². The molecule has 0 aliphatic carbocycles. The number of ether oxygens (including phenoxy) is 4. The highest BCUT2D eigenvalue weighted by Crippen LogP contribution is 2.29. The number of esters is 1. The van der Waals surface area contributed by atoms with Gasteiger partial charge in [-0.25, -0.2) is 0 Å². The molecule has 0 spiro atoms. The predicted molar refractivity (Wildman–Crippen MR) is 91.5 cm³/mol. The van der Waals surface area contributed by atoms with E-state index in [0.29, 0.717) is 6.42 Å². The first kappa shape index (κ1) is 20.9. The van der Waals surface area contributed by atoms with E-state index in [2.05, 4.69) is 5.32 Å². The number of carbonyl (C=O) groups is 2. The quantitative estimate of drug-likeness (QED) is 0.469. The maximum atomic E-state index is 12.1. The lowest BCUT2D eigenvalue weighted by Gasteiger charge is -2.28. The largest absolute Gasteiger partial charge is 0.457 e. The molecule has 0 aromatic rings. The summed E-state index contributed by atoms with van der Waals surface area (Å²) >= 11 is 0. The Bertz CT molecular complexity index is 421. The zero-order valence-corrected chi connectivity index (χ0v) is 15.5. The smallest absolute Gasteiger partial charge is 0.306 e. The lowest BCUT2D eigenvalue weighted by molar-refractivity contribution is -0.163. The maximum Gasteiger partial charge on any atom is 0.306 e. The monoisotopic (exact) mass is 343 g/mol. The van der Waals surface area contributed by atoms with Gasteiger partial charge in [-0.05, 0) is 20.3 Å². The van der Waals surface area contributed by atoms with Gasteiger partial charge in [-0.2, -0.15) is 0 Å². The van der Waals surface area contributed by atoms with Crippen LogP contribution in [0, 0.1) is 0 Å². The molecule has 1 amide bonds. The van der Waals surface area contributed by atoms with Crippen LogP contribution in [0.25, 0.3) is 0 Å². The lowest BCUT2D eigenvalue weighted by Crippen LogP contribution is -2.43. The van der Waals surface area contributed by atoms with Gasteiger partial charge in [0, 0.05) is 20.6 Å². The second kappa shape index (κ2) is 10.0. The Balaban J connectivity index is 2.70. The van der Waals surface area contributed by atoms with Gasteiger partial charge < -0.3 is 24.3 Å². The molecular formula is C16H30BNO6. The molecule has 0 saturated carbocycles. The molecule has 1 saturated heterocycles. The summed E-state index contributed by atoms with van der Waals surface area (Å²) in [6.45, 7) is 5.82. The highest BCUT2D eigenvalue weighted by molar-refractivity contribution is 6.11. The van der Waals surface area contributed by atoms with Crippen LogP contribution in [0.2, 0.25) is 0 Å². The van der Waals surface area contributed by atoms with Crippen LogP contribution in [0.5, 0.6) is 0 Å². The van der Waals surface area contributed by atoms with Crippen molar-refractivity contribution in [2.24, 2.45) is 0 Å². The highest BCUT2D eigenvalue weighted by atomic mass is 16.6. The minimum atomic E-state index is -0.478. The van der Waals surface area contributed by atoms with E-state index < -0.39 is 12.1 Å². The van der Waals surface area contributed by atoms with E-state index in [4.69, 9.17) is 18.9 Å². The predicted octanol–water partition coefficient (Wildman–Crippen LogP) is 0.00100. The van der Waals surface area contributed by atoms with Gasteiger partial charge >= 0.3 is 5.97 Å². The van der Waals surface area contributed by atoms with Crippen molar-refractivity contribution in [3.8, 4) is 0 Å². The minimum Gasteiger partial charge on any atom is -0.457 e. The Morgan fingerprint density at radius 2 is 1.88 bits per heavy atom. The molecule has 1 aliphatic heterocycles. The Morgan fingerprint density at radius 3 is 2.42 bits per heavy atom. The third kappa shape index (κ3) is 5.75. The fourth-order valence-electron chi connectivity index (χ4n) is 2.67. The van der Waals surface area contributed by atoms with Crippen molar-refractivity contribution in [2.45, 2.75) is 76.6 Å². The van der Waals surface area contributed by atoms with Gasteiger partial charge in [0.1, 0.15) is 14.0 Å². The second-order valence-electron chi connectivity index (χ2n) is 6.16. The fourth-order valence-corrected chi connectivity index (χ4v) is 2.67. The third-order valence-corrected chi connectivity index (χ3v) is 4.45. The molecule has 6 atom stereocenters. The number of nitrogens with one attached hydrogen (secondary N) is 1. The first-order valence-electron chi connectivity index (χ1n) is 8.57. The van der Waals surface area contributed by atoms with E-state index in [9.17, 15) is 9.59 Å². The summed E-state index contributed by atoms with van der Waals surface area (Å²) in [5.41, 5.74) is 0. The molecule has 0 bridgehead atoms. The van der Waals surface area contributed by atoms with Crippen LogP contribution in [-0.4, -0.2) is 70.4 Å². The van der Waals surface area contributed by atoms with E-state index in [0.717, 1.165) is 0 Å². The number of amides is 1. The molecule has 8 heteroatoms. The van der Waals surface area contributed by atoms with E-state index in [1.165, 1.54) is 7.05 Å². The summed E-state index contributed by atoms with van der Waals surface area (Å²) in [7, 11) is 5.08. The molecule has 1 aliphatic rings. The Kier molecular flexibility index (Phi) is 8.73. The first-order chi connectivity index (χ1) is 11.3. The average Bonchev–Trinajstić information content (AvgIpc) is 2.87. The van der Waals surface area contributed by atoms with Crippen molar-refractivity contribution in [3.63, 3.8) is 0 Å². The van der Waals surface area contributed by atoms with E-state index in [-0.39, 0.29) is 49.2 Å². The normalized spacial score (nSPS) is 29.0. The molecule has 1 heterocycles. The molecule has 7 nitrogen and oxygen atoms in total. The summed E-state index contributed by atoms with van der Waals surface area (Å²) in [5.74, 6) is -0.605. The summed E-state index contributed by atoms with van der Waals surface area (Å²) in [6.07, 6.45) is -0.420. The second-order valence-corrected chi connectivity index (χ2v) is 6.16. The summed E-state index contributed by atoms with van der Waals surface area (Å²) in [5, 5.41) is 2.48. The summed E-state index contributed by atoms with van der Waals surface area (Å²) in [4.78, 5) is 23.3. The number of carbonyl (C=O) groups excluding carboxylic acids is 2. The number of methoxy groups -OCH3 is 1. The van der Waals surface area contributed by atoms with E-state index in [1.807, 2.05) is 28.6 Å². The van der Waals surface area contributed by atoms with E-state index in [1.54, 1.807) is 7.11 Å². The molecule has 1 fully saturated rings. The molecule has 0 aromatic carbocycles. The molecule has 0 radical (unpaired) electrons. The third-order valence-electron chi connectivity index (χ3n) is 4.45. The van der Waals surface area contributed by atoms with E-state index >= 15 is 0 Å². The van der Waals surface area contributed by atoms with Gasteiger partial charge in [-0.1, -0.05) is 6.92 Å². The van der Waals surface area contributed by atoms with Crippen molar-refractivity contribution >= 4 is 19.7 Å². The van der Waals surface area contributed by atoms with Gasteiger partial charge in [0.25, 0.3) is 0 Å². The van der Waals surface area contributed by atoms with Crippen molar-refractivity contribution in [2.75, 3.05) is 14.2 Å². The van der Waals surface area contributed by atoms with Crippen LogP contribution in [0.4, 0.5) is 0 Å². The minimum absolute atomic E-state index is 0.0394. The van der Waals surface area contributed by atoms with Crippen molar-refractivity contribution in [3.05, 3.63) is 0 Å². The molecular weight excluding hydrogens is 313 g/mol. The number of rotatable bonds is 9. The van der Waals surface area contributed by atoms with Crippen LogP contribution < -0.4 is 5.32 Å². The van der Waals surface area contributed by atoms with Crippen LogP contribution in [-0.2, 0) is 28.5 Å². The van der Waals surface area contributed by atoms with Gasteiger partial charge in [0.2, 0.25) is 5.91 Å². The summed E-state index contributed by atoms with van der Waals surface area (Å²) < 4.78 is 22.8. The number of hydrogen-bond acceptors (Lipinski definition) is 6. The summed E-state index contributed by atoms with van der Waals surface area (Å²) in [6, 6.07) is -0.182. The Morgan fingerprint density at radius 1 is 1.21 bits per heavy atom. The molecule has 1 N–H and O–H groups in total. The molecule has 138 valence electrons. The van der Waals surface area contributed by atoms with Gasteiger partial charge in [-0.15, -0.1) is 0 Å². The van der Waals surface area contributed by atoms with Crippen LogP contribution in [0.3, 0.4) is 0 Å². The lowest BCUT2D eigenvalue weighted by atomic mass is 9.92. The SMILES string of the molecule is B[C@@H]1O[C@H](CC)C(OC(=O)CCC(=O)NC)[C@@H]1O[C@H](C)[C@H](C)OC. The van der Waals surface area contributed by atoms with Gasteiger partial charge in [0.05, 0.1) is 30.7 Å². The van der Waals surface area contributed by atoms with Crippen LogP contribution in [0.1, 0.15) is 40.0 Å². The molecule has 0 aromatic heterocycles. The van der Waals surface area contributed by atoms with Crippen molar-refractivity contribution in [1.82, 2.24) is 5.32 Å². The Labute approximate surface area is 145 Å². The molecule has 24 heavy (non-hydrogen) atoms.